The number of hydrogen-bond acceptors (Lipinski definition) is 5. The van der Waals surface area contributed by atoms with E-state index in [2.05, 4.69) is 34.7 Å². The third-order valence-corrected chi connectivity index (χ3v) is 4.96. The van der Waals surface area contributed by atoms with E-state index in [1.165, 1.54) is 5.56 Å². The maximum Gasteiger partial charge on any atom is 0.203 e. The van der Waals surface area contributed by atoms with E-state index in [1.807, 2.05) is 24.3 Å². The van der Waals surface area contributed by atoms with E-state index < -0.39 is 0 Å². The van der Waals surface area contributed by atoms with Gasteiger partial charge in [0.05, 0.1) is 28.4 Å². The molecule has 0 bridgehead atoms. The lowest BCUT2D eigenvalue weighted by molar-refractivity contribution is 0.323. The van der Waals surface area contributed by atoms with Crippen LogP contribution in [0.5, 0.6) is 23.0 Å². The van der Waals surface area contributed by atoms with E-state index in [-0.39, 0.29) is 24.0 Å². The van der Waals surface area contributed by atoms with Gasteiger partial charge in [-0.05, 0) is 47.7 Å². The zero-order valence-corrected chi connectivity index (χ0v) is 21.5. The van der Waals surface area contributed by atoms with Crippen molar-refractivity contribution in [2.24, 2.45) is 4.99 Å². The van der Waals surface area contributed by atoms with Gasteiger partial charge in [-0.2, -0.15) is 0 Å². The number of rotatable bonds is 10. The normalized spacial score (nSPS) is 11.7. The van der Waals surface area contributed by atoms with Crippen LogP contribution in [0.4, 0.5) is 0 Å². The molecule has 172 valence electrons. The minimum absolute atomic E-state index is 0. The van der Waals surface area contributed by atoms with Crippen molar-refractivity contribution in [1.29, 1.82) is 0 Å². The predicted octanol–water partition coefficient (Wildman–Crippen LogP) is 4.20. The Bertz CT molecular complexity index is 803. The summed E-state index contributed by atoms with van der Waals surface area (Å²) in [6.45, 7) is 3.60. The van der Waals surface area contributed by atoms with Crippen LogP contribution in [0.1, 0.15) is 30.4 Å². The molecule has 0 saturated heterocycles. The van der Waals surface area contributed by atoms with Crippen LogP contribution < -0.4 is 29.6 Å². The van der Waals surface area contributed by atoms with Crippen LogP contribution in [0, 0.1) is 0 Å². The van der Waals surface area contributed by atoms with E-state index >= 15 is 0 Å². The number of guanidine groups is 1. The largest absolute Gasteiger partial charge is 0.497 e. The summed E-state index contributed by atoms with van der Waals surface area (Å²) < 4.78 is 21.4. The Morgan fingerprint density at radius 3 is 2.00 bits per heavy atom. The van der Waals surface area contributed by atoms with Gasteiger partial charge in [-0.3, -0.25) is 4.99 Å². The van der Waals surface area contributed by atoms with Gasteiger partial charge < -0.3 is 29.6 Å². The first-order valence-corrected chi connectivity index (χ1v) is 9.93. The predicted molar refractivity (Wildman–Crippen MR) is 136 cm³/mol. The van der Waals surface area contributed by atoms with Crippen molar-refractivity contribution in [1.82, 2.24) is 10.6 Å². The van der Waals surface area contributed by atoms with Gasteiger partial charge >= 0.3 is 0 Å². The Morgan fingerprint density at radius 1 is 0.903 bits per heavy atom. The van der Waals surface area contributed by atoms with Gasteiger partial charge in [0, 0.05) is 20.1 Å². The van der Waals surface area contributed by atoms with Gasteiger partial charge in [-0.1, -0.05) is 19.1 Å². The fraction of sp³-hybridized carbons (Fsp3) is 0.435. The van der Waals surface area contributed by atoms with Crippen LogP contribution in [-0.2, 0) is 6.54 Å². The zero-order valence-electron chi connectivity index (χ0n) is 19.2. The molecular weight excluding hydrogens is 509 g/mol. The molecule has 2 N–H and O–H groups in total. The number of ether oxygens (including phenoxy) is 4. The molecule has 0 radical (unpaired) electrons. The molecule has 0 saturated carbocycles. The van der Waals surface area contributed by atoms with Gasteiger partial charge in [0.1, 0.15) is 5.75 Å². The Balaban J connectivity index is 0.00000480. The van der Waals surface area contributed by atoms with Gasteiger partial charge in [-0.15, -0.1) is 24.0 Å². The zero-order chi connectivity index (χ0) is 21.9. The highest BCUT2D eigenvalue weighted by molar-refractivity contribution is 14.0. The lowest BCUT2D eigenvalue weighted by Crippen LogP contribution is -2.37. The van der Waals surface area contributed by atoms with Crippen LogP contribution in [0.3, 0.4) is 0 Å². The molecule has 1 unspecified atom stereocenters. The second-order valence-corrected chi connectivity index (χ2v) is 6.85. The number of nitrogens with zero attached hydrogens (tertiary/aromatic N) is 1. The van der Waals surface area contributed by atoms with Crippen molar-refractivity contribution in [3.63, 3.8) is 0 Å². The minimum atomic E-state index is 0. The summed E-state index contributed by atoms with van der Waals surface area (Å²) in [5, 5.41) is 6.69. The van der Waals surface area contributed by atoms with Crippen molar-refractivity contribution in [2.75, 3.05) is 42.0 Å². The van der Waals surface area contributed by atoms with Gasteiger partial charge in [0.25, 0.3) is 0 Å². The molecule has 2 aromatic carbocycles. The molecule has 0 aromatic heterocycles. The molecule has 0 aliphatic heterocycles. The average Bonchev–Trinajstić information content (AvgIpc) is 2.80. The quantitative estimate of drug-likeness (QED) is 0.266. The van der Waals surface area contributed by atoms with Crippen molar-refractivity contribution >= 4 is 29.9 Å². The summed E-state index contributed by atoms with van der Waals surface area (Å²) in [7, 11) is 8.26. The standard InChI is InChI=1S/C23H33N3O4.HI/c1-16(18-7-9-19(27-3)10-8-18)11-12-25-23(24-2)26-15-17-13-20(28-4)22(30-6)21(14-17)29-5;/h7-10,13-14,16H,11-12,15H2,1-6H3,(H2,24,25,26);1H. The summed E-state index contributed by atoms with van der Waals surface area (Å²) >= 11 is 0. The van der Waals surface area contributed by atoms with Gasteiger partial charge in [0.15, 0.2) is 17.5 Å². The Kier molecular flexibility index (Phi) is 11.9. The maximum absolute atomic E-state index is 5.41. The lowest BCUT2D eigenvalue weighted by Gasteiger charge is -2.17. The maximum atomic E-state index is 5.41. The third-order valence-electron chi connectivity index (χ3n) is 4.96. The van der Waals surface area contributed by atoms with Crippen molar-refractivity contribution in [3.8, 4) is 23.0 Å². The highest BCUT2D eigenvalue weighted by Gasteiger charge is 2.13. The Hall–Kier alpha value is -2.36. The first-order valence-electron chi connectivity index (χ1n) is 9.93. The van der Waals surface area contributed by atoms with Crippen molar-refractivity contribution in [3.05, 3.63) is 47.5 Å². The first kappa shape index (κ1) is 26.7. The number of hydrogen-bond donors (Lipinski definition) is 2. The summed E-state index contributed by atoms with van der Waals surface area (Å²) in [5.41, 5.74) is 2.29. The lowest BCUT2D eigenvalue weighted by atomic mass is 9.98. The van der Waals surface area contributed by atoms with Crippen LogP contribution >= 0.6 is 24.0 Å². The Morgan fingerprint density at radius 2 is 1.52 bits per heavy atom. The van der Waals surface area contributed by atoms with Gasteiger partial charge in [-0.25, -0.2) is 0 Å². The monoisotopic (exact) mass is 543 g/mol. The number of nitrogens with one attached hydrogen (secondary N) is 2. The molecule has 0 amide bonds. The molecule has 0 aliphatic carbocycles. The molecule has 7 nitrogen and oxygen atoms in total. The number of aliphatic imine (C=N–C) groups is 1. The first-order chi connectivity index (χ1) is 14.6. The topological polar surface area (TPSA) is 73.3 Å². The van der Waals surface area contributed by atoms with E-state index in [0.29, 0.717) is 29.7 Å². The smallest absolute Gasteiger partial charge is 0.203 e. The van der Waals surface area contributed by atoms with Gasteiger partial charge in [0.2, 0.25) is 5.75 Å². The molecular formula is C23H34IN3O4. The summed E-state index contributed by atoms with van der Waals surface area (Å²) in [5.74, 6) is 3.89. The van der Waals surface area contributed by atoms with E-state index in [4.69, 9.17) is 18.9 Å². The highest BCUT2D eigenvalue weighted by Crippen LogP contribution is 2.38. The highest BCUT2D eigenvalue weighted by atomic mass is 127. The van der Waals surface area contributed by atoms with Crippen LogP contribution in [0.15, 0.2) is 41.4 Å². The molecule has 0 aliphatic rings. The summed E-state index contributed by atoms with van der Waals surface area (Å²) in [6.07, 6.45) is 0.983. The number of benzene rings is 2. The van der Waals surface area contributed by atoms with Crippen LogP contribution in [0.2, 0.25) is 0 Å². The molecule has 0 heterocycles. The molecule has 2 aromatic rings. The number of methoxy groups -OCH3 is 4. The SMILES string of the molecule is CN=C(NCCC(C)c1ccc(OC)cc1)NCc1cc(OC)c(OC)c(OC)c1.I. The van der Waals surface area contributed by atoms with E-state index in [9.17, 15) is 0 Å². The second kappa shape index (κ2) is 13.8. The number of halogens is 1. The fourth-order valence-corrected chi connectivity index (χ4v) is 3.15. The fourth-order valence-electron chi connectivity index (χ4n) is 3.15. The van der Waals surface area contributed by atoms with Crippen LogP contribution in [-0.4, -0.2) is 48.0 Å². The molecule has 1 atom stereocenters. The minimum Gasteiger partial charge on any atom is -0.497 e. The Labute approximate surface area is 202 Å². The summed E-state index contributed by atoms with van der Waals surface area (Å²) in [6, 6.07) is 12.1. The third kappa shape index (κ3) is 7.68. The summed E-state index contributed by atoms with van der Waals surface area (Å²) in [4.78, 5) is 4.30. The molecule has 0 spiro atoms. The van der Waals surface area contributed by atoms with Crippen molar-refractivity contribution < 1.29 is 18.9 Å². The average molecular weight is 543 g/mol. The second-order valence-electron chi connectivity index (χ2n) is 6.85. The molecule has 0 fully saturated rings. The van der Waals surface area contributed by atoms with E-state index in [0.717, 1.165) is 30.2 Å². The molecule has 8 heteroatoms. The molecule has 2 rings (SSSR count). The van der Waals surface area contributed by atoms with E-state index in [1.54, 1.807) is 35.5 Å². The van der Waals surface area contributed by atoms with Crippen molar-refractivity contribution in [2.45, 2.75) is 25.8 Å². The van der Waals surface area contributed by atoms with Crippen LogP contribution in [0.25, 0.3) is 0 Å². The molecule has 31 heavy (non-hydrogen) atoms.